The number of nitrogens with zero attached hydrogens (tertiary/aromatic N) is 7. The topological polar surface area (TPSA) is 194 Å². The number of halogens is 2. The second-order valence-electron chi connectivity index (χ2n) is 7.30. The summed E-state index contributed by atoms with van der Waals surface area (Å²) in [6.07, 6.45) is 0.959. The normalized spacial score (nSPS) is 13.2. The van der Waals surface area contributed by atoms with Crippen LogP contribution in [0.2, 0.25) is 0 Å². The number of hydrogen-bond acceptors (Lipinski definition) is 13. The van der Waals surface area contributed by atoms with Crippen molar-refractivity contribution in [3.63, 3.8) is 0 Å². The van der Waals surface area contributed by atoms with Crippen molar-refractivity contribution < 1.29 is 24.1 Å². The van der Waals surface area contributed by atoms with Gasteiger partial charge in [-0.1, -0.05) is 0 Å². The van der Waals surface area contributed by atoms with Crippen molar-refractivity contribution in [1.29, 1.82) is 0 Å². The SMILES string of the molecule is Cl.O=[N+]([O-])c1cc(/C=N/Nc2nc(Nc3ccc(F)cc3)nc(N3CCOCC3)n2)c(O)c([N+](=O)[O-])c1. The van der Waals surface area contributed by atoms with Crippen LogP contribution in [-0.2, 0) is 4.74 Å². The van der Waals surface area contributed by atoms with Crippen LogP contribution in [0.1, 0.15) is 5.56 Å². The van der Waals surface area contributed by atoms with Gasteiger partial charge in [0.1, 0.15) is 5.82 Å². The molecule has 1 aromatic heterocycles. The molecule has 2 heterocycles. The molecule has 4 rings (SSSR count). The Morgan fingerprint density at radius 2 is 1.73 bits per heavy atom. The fourth-order valence-electron chi connectivity index (χ4n) is 3.17. The lowest BCUT2D eigenvalue weighted by Gasteiger charge is -2.27. The maximum absolute atomic E-state index is 13.2. The van der Waals surface area contributed by atoms with Crippen molar-refractivity contribution >= 4 is 53.5 Å². The molecule has 0 aliphatic carbocycles. The molecule has 1 aliphatic heterocycles. The zero-order valence-electron chi connectivity index (χ0n) is 18.8. The van der Waals surface area contributed by atoms with E-state index in [0.29, 0.717) is 44.0 Å². The molecule has 3 N–H and O–H groups in total. The highest BCUT2D eigenvalue weighted by molar-refractivity contribution is 5.87. The first-order valence-corrected chi connectivity index (χ1v) is 10.4. The summed E-state index contributed by atoms with van der Waals surface area (Å²) < 4.78 is 18.6. The molecule has 0 amide bonds. The van der Waals surface area contributed by atoms with Crippen LogP contribution in [0.5, 0.6) is 5.75 Å². The van der Waals surface area contributed by atoms with Crippen LogP contribution in [0.15, 0.2) is 41.5 Å². The van der Waals surface area contributed by atoms with Crippen molar-refractivity contribution in [3.8, 4) is 5.75 Å². The maximum atomic E-state index is 13.2. The lowest BCUT2D eigenvalue weighted by Crippen LogP contribution is -2.37. The van der Waals surface area contributed by atoms with Crippen LogP contribution >= 0.6 is 12.4 Å². The predicted octanol–water partition coefficient (Wildman–Crippen LogP) is 2.98. The lowest BCUT2D eigenvalue weighted by molar-refractivity contribution is -0.394. The number of phenols is 1. The summed E-state index contributed by atoms with van der Waals surface area (Å²) >= 11 is 0. The Kier molecular flexibility index (Phi) is 8.59. The third-order valence-electron chi connectivity index (χ3n) is 4.90. The van der Waals surface area contributed by atoms with Crippen molar-refractivity contribution in [2.75, 3.05) is 41.9 Å². The smallest absolute Gasteiger partial charge is 0.318 e. The molecule has 0 bridgehead atoms. The van der Waals surface area contributed by atoms with E-state index in [1.807, 2.05) is 4.90 Å². The van der Waals surface area contributed by atoms with E-state index in [1.54, 1.807) is 0 Å². The van der Waals surface area contributed by atoms with Crippen LogP contribution in [0.3, 0.4) is 0 Å². The Morgan fingerprint density at radius 3 is 2.38 bits per heavy atom. The zero-order chi connectivity index (χ0) is 25.7. The molecule has 17 heteroatoms. The van der Waals surface area contributed by atoms with Gasteiger partial charge in [0.05, 0.1) is 40.9 Å². The van der Waals surface area contributed by atoms with Crippen molar-refractivity contribution in [1.82, 2.24) is 15.0 Å². The standard InChI is InChI=1S/C20H18FN9O6.ClH/c21-13-1-3-14(4-2-13)23-18-24-19(26-20(25-18)28-5-7-36-8-6-28)27-22-11-12-9-15(29(32)33)10-16(17(12)31)30(34)35;/h1-4,9-11,31H,5-8H2,(H2,23,24,25,26,27);1H/b22-11+;. The minimum absolute atomic E-state index is 0. The minimum Gasteiger partial charge on any atom is -0.502 e. The number of non-ortho nitro benzene ring substituents is 1. The Hall–Kier alpha value is -4.70. The zero-order valence-corrected chi connectivity index (χ0v) is 19.6. The fourth-order valence-corrected chi connectivity index (χ4v) is 3.17. The van der Waals surface area contributed by atoms with E-state index in [2.05, 4.69) is 30.8 Å². The minimum atomic E-state index is -0.943. The highest BCUT2D eigenvalue weighted by Gasteiger charge is 2.23. The average molecular weight is 536 g/mol. The maximum Gasteiger partial charge on any atom is 0.318 e. The van der Waals surface area contributed by atoms with Gasteiger partial charge in [-0.05, 0) is 24.3 Å². The Morgan fingerprint density at radius 1 is 1.05 bits per heavy atom. The van der Waals surface area contributed by atoms with Gasteiger partial charge in [0.2, 0.25) is 23.6 Å². The molecule has 2 aromatic carbocycles. The highest BCUT2D eigenvalue weighted by Crippen LogP contribution is 2.33. The number of rotatable bonds is 8. The van der Waals surface area contributed by atoms with E-state index >= 15 is 0 Å². The molecular weight excluding hydrogens is 517 g/mol. The number of nitro groups is 2. The third-order valence-corrected chi connectivity index (χ3v) is 4.90. The van der Waals surface area contributed by atoms with Crippen molar-refractivity contribution in [2.45, 2.75) is 0 Å². The predicted molar refractivity (Wildman–Crippen MR) is 132 cm³/mol. The molecule has 0 radical (unpaired) electrons. The van der Waals surface area contributed by atoms with Crippen molar-refractivity contribution in [2.24, 2.45) is 5.10 Å². The van der Waals surface area contributed by atoms with Crippen LogP contribution in [0.25, 0.3) is 0 Å². The molecule has 0 spiro atoms. The van der Waals surface area contributed by atoms with Crippen LogP contribution in [0.4, 0.5) is 39.3 Å². The summed E-state index contributed by atoms with van der Waals surface area (Å²) in [7, 11) is 0. The number of ether oxygens (including phenoxy) is 1. The second kappa shape index (κ2) is 11.8. The van der Waals surface area contributed by atoms with E-state index in [1.165, 1.54) is 24.3 Å². The summed E-state index contributed by atoms with van der Waals surface area (Å²) in [5.41, 5.74) is 1.34. The van der Waals surface area contributed by atoms with Crippen molar-refractivity contribution in [3.05, 3.63) is 68.0 Å². The summed E-state index contributed by atoms with van der Waals surface area (Å²) in [4.78, 5) is 35.2. The first-order chi connectivity index (χ1) is 17.3. The first kappa shape index (κ1) is 26.9. The van der Waals surface area contributed by atoms with E-state index in [9.17, 15) is 29.7 Å². The number of nitrogens with one attached hydrogen (secondary N) is 2. The molecular formula is C20H19ClFN9O6. The Labute approximate surface area is 213 Å². The van der Waals surface area contributed by atoms with E-state index in [4.69, 9.17) is 4.74 Å². The fraction of sp³-hybridized carbons (Fsp3) is 0.200. The summed E-state index contributed by atoms with van der Waals surface area (Å²) in [5.74, 6) is -0.827. The van der Waals surface area contributed by atoms with E-state index < -0.39 is 32.8 Å². The van der Waals surface area contributed by atoms with Crippen LogP contribution in [-0.4, -0.2) is 62.4 Å². The van der Waals surface area contributed by atoms with Crippen LogP contribution in [0, 0.1) is 26.0 Å². The first-order valence-electron chi connectivity index (χ1n) is 10.4. The number of aromatic nitrogens is 3. The van der Waals surface area contributed by atoms with Gasteiger partial charge < -0.3 is 20.1 Å². The second-order valence-corrected chi connectivity index (χ2v) is 7.30. The number of benzene rings is 2. The summed E-state index contributed by atoms with van der Waals surface area (Å²) in [6, 6.07) is 7.10. The highest BCUT2D eigenvalue weighted by atomic mass is 35.5. The molecule has 15 nitrogen and oxygen atoms in total. The van der Waals surface area contributed by atoms with Gasteiger partial charge in [-0.2, -0.15) is 20.1 Å². The van der Waals surface area contributed by atoms with Gasteiger partial charge in [0.25, 0.3) is 5.69 Å². The molecule has 0 atom stereocenters. The van der Waals surface area contributed by atoms with Gasteiger partial charge in [0, 0.05) is 24.8 Å². The molecule has 194 valence electrons. The van der Waals surface area contributed by atoms with Gasteiger partial charge in [0.15, 0.2) is 0 Å². The van der Waals surface area contributed by atoms with Crippen LogP contribution < -0.4 is 15.6 Å². The third kappa shape index (κ3) is 6.71. The molecule has 3 aromatic rings. The van der Waals surface area contributed by atoms with Gasteiger partial charge in [-0.15, -0.1) is 12.4 Å². The summed E-state index contributed by atoms with van der Waals surface area (Å²) in [6.45, 7) is 1.98. The number of hydrogen-bond donors (Lipinski definition) is 3. The number of aromatic hydroxyl groups is 1. The monoisotopic (exact) mass is 535 g/mol. The number of phenolic OH excluding ortho intramolecular Hbond substituents is 1. The molecule has 1 fully saturated rings. The molecule has 0 unspecified atom stereocenters. The number of anilines is 4. The average Bonchev–Trinajstić information content (AvgIpc) is 2.86. The number of morpholine rings is 1. The Balaban J connectivity index is 0.00000380. The van der Waals surface area contributed by atoms with Gasteiger partial charge in [-0.25, -0.2) is 9.82 Å². The largest absolute Gasteiger partial charge is 0.502 e. The lowest BCUT2D eigenvalue weighted by atomic mass is 10.1. The molecule has 0 saturated carbocycles. The Bertz CT molecular complexity index is 1320. The molecule has 1 aliphatic rings. The van der Waals surface area contributed by atoms with Gasteiger partial charge >= 0.3 is 5.69 Å². The van der Waals surface area contributed by atoms with E-state index in [-0.39, 0.29) is 29.9 Å². The number of hydrazone groups is 1. The molecule has 37 heavy (non-hydrogen) atoms. The number of nitro benzene ring substituents is 2. The van der Waals surface area contributed by atoms with Gasteiger partial charge in [-0.3, -0.25) is 20.2 Å². The quantitative estimate of drug-likeness (QED) is 0.217. The van der Waals surface area contributed by atoms with E-state index in [0.717, 1.165) is 12.3 Å². The summed E-state index contributed by atoms with van der Waals surface area (Å²) in [5, 5.41) is 39.2. The molecule has 1 saturated heterocycles.